The third kappa shape index (κ3) is 4.31. The van der Waals surface area contributed by atoms with E-state index in [1.165, 1.54) is 37.1 Å². The lowest BCUT2D eigenvalue weighted by atomic mass is 9.94. The Morgan fingerprint density at radius 2 is 2.00 bits per heavy atom. The van der Waals surface area contributed by atoms with Crippen molar-refractivity contribution in [1.82, 2.24) is 14.5 Å². The van der Waals surface area contributed by atoms with E-state index in [1.807, 2.05) is 0 Å². The summed E-state index contributed by atoms with van der Waals surface area (Å²) in [6, 6.07) is 2.99. The van der Waals surface area contributed by atoms with E-state index in [2.05, 4.69) is 14.7 Å². The number of alkyl halides is 3. The van der Waals surface area contributed by atoms with Gasteiger partial charge in [-0.1, -0.05) is 0 Å². The van der Waals surface area contributed by atoms with Crippen LogP contribution in [0.1, 0.15) is 24.2 Å². The second-order valence-electron chi connectivity index (χ2n) is 7.99. The smallest absolute Gasteiger partial charge is 0.449 e. The van der Waals surface area contributed by atoms with Gasteiger partial charge in [0.2, 0.25) is 15.8 Å². The number of ether oxygens (including phenoxy) is 1. The van der Waals surface area contributed by atoms with Crippen molar-refractivity contribution in [2.45, 2.75) is 25.4 Å². The van der Waals surface area contributed by atoms with Crippen LogP contribution >= 0.6 is 0 Å². The minimum Gasteiger partial charge on any atom is -0.491 e. The van der Waals surface area contributed by atoms with Crippen molar-refractivity contribution in [2.24, 2.45) is 13.0 Å². The zero-order chi connectivity index (χ0) is 23.4. The molecule has 0 radical (unpaired) electrons. The summed E-state index contributed by atoms with van der Waals surface area (Å²) in [5, 5.41) is 0. The molecular weight excluding hydrogens is 449 g/mol. The molecule has 0 saturated heterocycles. The van der Waals surface area contributed by atoms with E-state index in [4.69, 9.17) is 4.74 Å². The molecule has 0 spiro atoms. The number of anilines is 1. The number of methoxy groups -OCH3 is 1. The molecule has 2 N–H and O–H groups in total. The highest BCUT2D eigenvalue weighted by Gasteiger charge is 2.36. The molecule has 1 aliphatic rings. The first-order valence-corrected chi connectivity index (χ1v) is 11.6. The number of aromatic amines is 1. The highest BCUT2D eigenvalue weighted by molar-refractivity contribution is 7.92. The maximum Gasteiger partial charge on any atom is 0.449 e. The molecule has 3 aromatic rings. The zero-order valence-electron chi connectivity index (χ0n) is 17.5. The van der Waals surface area contributed by atoms with E-state index >= 15 is 0 Å². The summed E-state index contributed by atoms with van der Waals surface area (Å²) in [5.74, 6) is -0.890. The first-order chi connectivity index (χ1) is 14.9. The molecule has 1 saturated carbocycles. The van der Waals surface area contributed by atoms with Crippen molar-refractivity contribution < 1.29 is 26.3 Å². The molecule has 0 unspecified atom stereocenters. The molecule has 4 rings (SSSR count). The van der Waals surface area contributed by atoms with Gasteiger partial charge in [0.1, 0.15) is 5.52 Å². The molecule has 1 aliphatic carbocycles. The molecule has 0 amide bonds. The van der Waals surface area contributed by atoms with Crippen LogP contribution < -0.4 is 15.0 Å². The summed E-state index contributed by atoms with van der Waals surface area (Å²) in [6.45, 7) is 0. The van der Waals surface area contributed by atoms with Crippen LogP contribution in [0, 0.1) is 5.92 Å². The number of benzene rings is 1. The van der Waals surface area contributed by atoms with E-state index in [0.29, 0.717) is 23.1 Å². The van der Waals surface area contributed by atoms with Crippen molar-refractivity contribution in [3.63, 3.8) is 0 Å². The number of pyridine rings is 1. The molecule has 8 nitrogen and oxygen atoms in total. The van der Waals surface area contributed by atoms with Crippen LogP contribution in [0.25, 0.3) is 22.2 Å². The SMILES string of the molecule is COc1cc(-c2cc3[nH]c(C(F)(F)F)nc3c(NS(C)(=O)=O)c2CC2CC2)cn(C)c1=O. The van der Waals surface area contributed by atoms with Gasteiger partial charge in [0.05, 0.1) is 24.6 Å². The summed E-state index contributed by atoms with van der Waals surface area (Å²) in [5.41, 5.74) is 1.04. The lowest BCUT2D eigenvalue weighted by Gasteiger charge is -2.18. The summed E-state index contributed by atoms with van der Waals surface area (Å²) in [4.78, 5) is 18.2. The van der Waals surface area contributed by atoms with E-state index < -0.39 is 22.0 Å². The Labute approximate surface area is 181 Å². The number of H-pyrrole nitrogens is 1. The third-order valence-electron chi connectivity index (χ3n) is 5.31. The van der Waals surface area contributed by atoms with Gasteiger partial charge in [-0.05, 0) is 48.4 Å². The Balaban J connectivity index is 2.07. The zero-order valence-corrected chi connectivity index (χ0v) is 18.3. The number of halogens is 3. The largest absolute Gasteiger partial charge is 0.491 e. The maximum atomic E-state index is 13.3. The number of rotatable bonds is 6. The quantitative estimate of drug-likeness (QED) is 0.575. The second kappa shape index (κ2) is 7.54. The number of hydrogen-bond donors (Lipinski definition) is 2. The van der Waals surface area contributed by atoms with Gasteiger partial charge in [-0.25, -0.2) is 13.4 Å². The van der Waals surface area contributed by atoms with Crippen LogP contribution in [0.5, 0.6) is 5.75 Å². The first kappa shape index (κ1) is 22.2. The number of fused-ring (bicyclic) bond motifs is 1. The third-order valence-corrected chi connectivity index (χ3v) is 5.89. The van der Waals surface area contributed by atoms with Crippen LogP contribution in [-0.4, -0.2) is 36.3 Å². The monoisotopic (exact) mass is 470 g/mol. The molecule has 0 aliphatic heterocycles. The maximum absolute atomic E-state index is 13.3. The van der Waals surface area contributed by atoms with E-state index in [9.17, 15) is 26.4 Å². The van der Waals surface area contributed by atoms with Crippen molar-refractivity contribution in [3.05, 3.63) is 40.1 Å². The summed E-state index contributed by atoms with van der Waals surface area (Å²) in [7, 11) is -0.952. The number of imidazole rings is 1. The van der Waals surface area contributed by atoms with Crippen molar-refractivity contribution in [1.29, 1.82) is 0 Å². The van der Waals surface area contributed by atoms with Crippen molar-refractivity contribution >= 4 is 26.7 Å². The Bertz CT molecular complexity index is 1370. The summed E-state index contributed by atoms with van der Waals surface area (Å²) < 4.78 is 73.1. The number of nitrogens with one attached hydrogen (secondary N) is 2. The average Bonchev–Trinajstić information content (AvgIpc) is 3.38. The Morgan fingerprint density at radius 3 is 2.56 bits per heavy atom. The first-order valence-electron chi connectivity index (χ1n) is 9.73. The van der Waals surface area contributed by atoms with Gasteiger partial charge in [-0.2, -0.15) is 13.2 Å². The molecule has 172 valence electrons. The predicted molar refractivity (Wildman–Crippen MR) is 113 cm³/mol. The van der Waals surface area contributed by atoms with Gasteiger partial charge in [0.15, 0.2) is 5.75 Å². The number of sulfonamides is 1. The number of aromatic nitrogens is 3. The highest BCUT2D eigenvalue weighted by Crippen LogP contribution is 2.43. The van der Waals surface area contributed by atoms with Crippen LogP contribution in [0.4, 0.5) is 18.9 Å². The lowest BCUT2D eigenvalue weighted by Crippen LogP contribution is -2.18. The van der Waals surface area contributed by atoms with Crippen LogP contribution in [0.15, 0.2) is 23.1 Å². The van der Waals surface area contributed by atoms with E-state index in [1.54, 1.807) is 0 Å². The summed E-state index contributed by atoms with van der Waals surface area (Å²) in [6.07, 6.45) is 0.0364. The van der Waals surface area contributed by atoms with Gasteiger partial charge in [-0.3, -0.25) is 9.52 Å². The highest BCUT2D eigenvalue weighted by atomic mass is 32.2. The minimum atomic E-state index is -4.74. The molecule has 1 fully saturated rings. The van der Waals surface area contributed by atoms with Gasteiger partial charge in [-0.15, -0.1) is 0 Å². The fourth-order valence-corrected chi connectivity index (χ4v) is 4.27. The normalized spacial score (nSPS) is 14.7. The number of aryl methyl sites for hydroxylation is 1. The molecule has 0 bridgehead atoms. The van der Waals surface area contributed by atoms with Crippen LogP contribution in [0.3, 0.4) is 0 Å². The van der Waals surface area contributed by atoms with E-state index in [-0.39, 0.29) is 33.9 Å². The predicted octanol–water partition coefficient (Wildman–Crippen LogP) is 3.28. The summed E-state index contributed by atoms with van der Waals surface area (Å²) >= 11 is 0. The molecule has 0 atom stereocenters. The Kier molecular flexibility index (Phi) is 5.23. The fraction of sp³-hybridized carbons (Fsp3) is 0.400. The molecular formula is C20H21F3N4O4S. The van der Waals surface area contributed by atoms with Gasteiger partial charge >= 0.3 is 6.18 Å². The standard InChI is InChI=1S/C20H21F3N4O4S/c1-27-9-11(7-15(31-2)18(27)28)12-8-14-17(25-19(24-14)20(21,22)23)16(26-32(3,29)30)13(12)6-10-4-5-10/h7-10,26H,4-6H2,1-3H3,(H,24,25). The topological polar surface area (TPSA) is 106 Å². The number of hydrogen-bond acceptors (Lipinski definition) is 5. The lowest BCUT2D eigenvalue weighted by molar-refractivity contribution is -0.144. The molecule has 1 aromatic carbocycles. The van der Waals surface area contributed by atoms with Crippen molar-refractivity contribution in [2.75, 3.05) is 18.1 Å². The van der Waals surface area contributed by atoms with Crippen molar-refractivity contribution in [3.8, 4) is 16.9 Å². The van der Waals surface area contributed by atoms with Gasteiger partial charge < -0.3 is 14.3 Å². The fourth-order valence-electron chi connectivity index (χ4n) is 3.68. The average molecular weight is 470 g/mol. The van der Waals surface area contributed by atoms with E-state index in [0.717, 1.165) is 19.1 Å². The van der Waals surface area contributed by atoms with Crippen LogP contribution in [0.2, 0.25) is 0 Å². The Hall–Kier alpha value is -3.02. The van der Waals surface area contributed by atoms with Crippen LogP contribution in [-0.2, 0) is 29.7 Å². The molecule has 2 aromatic heterocycles. The molecule has 12 heteroatoms. The molecule has 32 heavy (non-hydrogen) atoms. The minimum absolute atomic E-state index is 0.00599. The Morgan fingerprint density at radius 1 is 1.31 bits per heavy atom. The second-order valence-corrected chi connectivity index (χ2v) is 9.74. The van der Waals surface area contributed by atoms with Gasteiger partial charge in [0, 0.05) is 18.8 Å². The number of nitrogens with zero attached hydrogens (tertiary/aromatic N) is 2. The van der Waals surface area contributed by atoms with Gasteiger partial charge in [0.25, 0.3) is 5.56 Å². The molecule has 2 heterocycles.